The molecule has 2 rings (SSSR count). The van der Waals surface area contributed by atoms with Gasteiger partial charge in [-0.15, -0.1) is 0 Å². The second-order valence-corrected chi connectivity index (χ2v) is 6.89. The van der Waals surface area contributed by atoms with Crippen LogP contribution in [0, 0.1) is 17.3 Å². The highest BCUT2D eigenvalue weighted by atomic mass is 16.3. The molecule has 0 aromatic carbocycles. The summed E-state index contributed by atoms with van der Waals surface area (Å²) in [6.45, 7) is 10.6. The summed E-state index contributed by atoms with van der Waals surface area (Å²) in [6, 6.07) is 0. The Hall–Kier alpha value is -0.0800. The van der Waals surface area contributed by atoms with Crippen molar-refractivity contribution in [3.8, 4) is 0 Å². The van der Waals surface area contributed by atoms with Gasteiger partial charge in [-0.05, 0) is 49.5 Å². The fraction of sp³-hybridized carbons (Fsp3) is 1.00. The number of aliphatic hydroxyl groups is 1. The van der Waals surface area contributed by atoms with Crippen molar-refractivity contribution in [2.45, 2.75) is 52.6 Å². The van der Waals surface area contributed by atoms with Gasteiger partial charge in [0.15, 0.2) is 0 Å². The molecule has 1 saturated carbocycles. The number of nitrogens with zero attached hydrogens (tertiary/aromatic N) is 1. The summed E-state index contributed by atoms with van der Waals surface area (Å²) in [4.78, 5) is 2.56. The van der Waals surface area contributed by atoms with E-state index in [1.807, 2.05) is 0 Å². The third kappa shape index (κ3) is 2.98. The quantitative estimate of drug-likeness (QED) is 0.780. The van der Waals surface area contributed by atoms with Crippen molar-refractivity contribution in [2.24, 2.45) is 17.3 Å². The SMILES string of the molecule is CC1CCN(CC2CC(C)(C)CCC2O)C1. The second-order valence-electron chi connectivity index (χ2n) is 6.89. The molecule has 1 heterocycles. The standard InChI is InChI=1S/C14H27NO/c1-11-5-7-15(9-11)10-12-8-14(2,3)6-4-13(12)16/h11-13,16H,4-10H2,1-3H3. The number of rotatable bonds is 2. The number of hydrogen-bond donors (Lipinski definition) is 1. The van der Waals surface area contributed by atoms with Crippen LogP contribution in [0.5, 0.6) is 0 Å². The summed E-state index contributed by atoms with van der Waals surface area (Å²) < 4.78 is 0. The predicted molar refractivity (Wildman–Crippen MR) is 67.3 cm³/mol. The first-order valence-corrected chi connectivity index (χ1v) is 6.87. The minimum absolute atomic E-state index is 0.0519. The van der Waals surface area contributed by atoms with Gasteiger partial charge in [-0.2, -0.15) is 0 Å². The highest BCUT2D eigenvalue weighted by molar-refractivity contribution is 4.87. The van der Waals surface area contributed by atoms with Crippen molar-refractivity contribution in [3.05, 3.63) is 0 Å². The first kappa shape index (κ1) is 12.4. The summed E-state index contributed by atoms with van der Waals surface area (Å²) in [5, 5.41) is 10.1. The van der Waals surface area contributed by atoms with Crippen LogP contribution in [0.25, 0.3) is 0 Å². The molecule has 0 aromatic heterocycles. The molecule has 2 nitrogen and oxygen atoms in total. The van der Waals surface area contributed by atoms with Crippen LogP contribution in [-0.2, 0) is 0 Å². The van der Waals surface area contributed by atoms with Gasteiger partial charge in [0.05, 0.1) is 6.10 Å². The molecule has 1 aliphatic heterocycles. The minimum Gasteiger partial charge on any atom is -0.393 e. The van der Waals surface area contributed by atoms with E-state index >= 15 is 0 Å². The third-order valence-corrected chi connectivity index (χ3v) is 4.48. The molecule has 0 amide bonds. The molecule has 3 atom stereocenters. The van der Waals surface area contributed by atoms with Crippen molar-refractivity contribution < 1.29 is 5.11 Å². The molecule has 0 spiro atoms. The molecule has 94 valence electrons. The highest BCUT2D eigenvalue weighted by Crippen LogP contribution is 2.39. The summed E-state index contributed by atoms with van der Waals surface area (Å²) in [5.74, 6) is 1.36. The Kier molecular flexibility index (Phi) is 3.60. The molecule has 2 aliphatic rings. The Morgan fingerprint density at radius 2 is 2.06 bits per heavy atom. The van der Waals surface area contributed by atoms with E-state index in [0.29, 0.717) is 11.3 Å². The zero-order valence-corrected chi connectivity index (χ0v) is 11.1. The van der Waals surface area contributed by atoms with Crippen LogP contribution in [0.15, 0.2) is 0 Å². The van der Waals surface area contributed by atoms with E-state index in [-0.39, 0.29) is 6.10 Å². The van der Waals surface area contributed by atoms with Gasteiger partial charge in [0.25, 0.3) is 0 Å². The number of aliphatic hydroxyl groups excluding tert-OH is 1. The maximum atomic E-state index is 10.1. The fourth-order valence-corrected chi connectivity index (χ4v) is 3.43. The zero-order valence-electron chi connectivity index (χ0n) is 11.1. The molecule has 0 radical (unpaired) electrons. The first-order valence-electron chi connectivity index (χ1n) is 6.87. The van der Waals surface area contributed by atoms with Gasteiger partial charge >= 0.3 is 0 Å². The van der Waals surface area contributed by atoms with Crippen LogP contribution >= 0.6 is 0 Å². The Morgan fingerprint density at radius 3 is 2.69 bits per heavy atom. The molecule has 2 fully saturated rings. The van der Waals surface area contributed by atoms with Crippen molar-refractivity contribution >= 4 is 0 Å². The van der Waals surface area contributed by atoms with E-state index in [9.17, 15) is 5.11 Å². The van der Waals surface area contributed by atoms with Crippen LogP contribution in [0.4, 0.5) is 0 Å². The van der Waals surface area contributed by atoms with Crippen molar-refractivity contribution in [3.63, 3.8) is 0 Å². The van der Waals surface area contributed by atoms with E-state index in [2.05, 4.69) is 25.7 Å². The fourth-order valence-electron chi connectivity index (χ4n) is 3.43. The van der Waals surface area contributed by atoms with E-state index < -0.39 is 0 Å². The molecule has 1 aliphatic carbocycles. The van der Waals surface area contributed by atoms with Gasteiger partial charge in [-0.25, -0.2) is 0 Å². The van der Waals surface area contributed by atoms with Crippen molar-refractivity contribution in [1.29, 1.82) is 0 Å². The van der Waals surface area contributed by atoms with E-state index in [4.69, 9.17) is 0 Å². The van der Waals surface area contributed by atoms with Gasteiger partial charge in [-0.1, -0.05) is 20.8 Å². The molecular formula is C14H27NO. The second kappa shape index (κ2) is 4.66. The molecule has 2 heteroatoms. The largest absolute Gasteiger partial charge is 0.393 e. The topological polar surface area (TPSA) is 23.5 Å². The average molecular weight is 225 g/mol. The summed E-state index contributed by atoms with van der Waals surface area (Å²) in [6.07, 6.45) is 4.66. The Bertz CT molecular complexity index is 239. The van der Waals surface area contributed by atoms with E-state index in [1.54, 1.807) is 0 Å². The van der Waals surface area contributed by atoms with E-state index in [1.165, 1.54) is 32.4 Å². The minimum atomic E-state index is -0.0519. The van der Waals surface area contributed by atoms with Crippen LogP contribution in [0.2, 0.25) is 0 Å². The molecule has 1 N–H and O–H groups in total. The Labute approximate surface area is 100 Å². The lowest BCUT2D eigenvalue weighted by atomic mass is 9.71. The molecular weight excluding hydrogens is 198 g/mol. The summed E-state index contributed by atoms with van der Waals surface area (Å²) >= 11 is 0. The van der Waals surface area contributed by atoms with Gasteiger partial charge in [-0.3, -0.25) is 0 Å². The molecule has 1 saturated heterocycles. The van der Waals surface area contributed by atoms with Crippen molar-refractivity contribution in [2.75, 3.05) is 19.6 Å². The zero-order chi connectivity index (χ0) is 11.8. The van der Waals surface area contributed by atoms with Gasteiger partial charge in [0, 0.05) is 13.1 Å². The normalized spacial score (nSPS) is 40.1. The summed E-state index contributed by atoms with van der Waals surface area (Å²) in [5.41, 5.74) is 0.440. The van der Waals surface area contributed by atoms with Crippen LogP contribution in [-0.4, -0.2) is 35.7 Å². The monoisotopic (exact) mass is 225 g/mol. The Balaban J connectivity index is 1.87. The maximum Gasteiger partial charge on any atom is 0.0581 e. The Morgan fingerprint density at radius 1 is 1.31 bits per heavy atom. The maximum absolute atomic E-state index is 10.1. The van der Waals surface area contributed by atoms with Gasteiger partial charge in [0.1, 0.15) is 0 Å². The third-order valence-electron chi connectivity index (χ3n) is 4.48. The number of likely N-dealkylation sites (tertiary alicyclic amines) is 1. The molecule has 3 unspecified atom stereocenters. The lowest BCUT2D eigenvalue weighted by Gasteiger charge is -2.40. The summed E-state index contributed by atoms with van der Waals surface area (Å²) in [7, 11) is 0. The van der Waals surface area contributed by atoms with E-state index in [0.717, 1.165) is 18.9 Å². The number of hydrogen-bond acceptors (Lipinski definition) is 2. The van der Waals surface area contributed by atoms with Crippen LogP contribution in [0.1, 0.15) is 46.5 Å². The van der Waals surface area contributed by atoms with Crippen molar-refractivity contribution in [1.82, 2.24) is 4.90 Å². The smallest absolute Gasteiger partial charge is 0.0581 e. The van der Waals surface area contributed by atoms with Gasteiger partial charge in [0.2, 0.25) is 0 Å². The predicted octanol–water partition coefficient (Wildman–Crippen LogP) is 2.52. The van der Waals surface area contributed by atoms with Crippen LogP contribution < -0.4 is 0 Å². The molecule has 16 heavy (non-hydrogen) atoms. The first-order chi connectivity index (χ1) is 7.46. The van der Waals surface area contributed by atoms with Crippen LogP contribution in [0.3, 0.4) is 0 Å². The average Bonchev–Trinajstić information content (AvgIpc) is 2.58. The molecule has 0 aromatic rings. The lowest BCUT2D eigenvalue weighted by Crippen LogP contribution is -2.40. The lowest BCUT2D eigenvalue weighted by molar-refractivity contribution is 0.00701. The van der Waals surface area contributed by atoms with Gasteiger partial charge < -0.3 is 10.0 Å². The highest BCUT2D eigenvalue weighted by Gasteiger charge is 2.35. The molecule has 0 bridgehead atoms.